The molecule has 3 heterocycles. The number of hydrogen-bond donors (Lipinski definition) is 1. The van der Waals surface area contributed by atoms with E-state index in [9.17, 15) is 4.79 Å². The number of nitrogens with zero attached hydrogens (tertiary/aromatic N) is 6. The largest absolute Gasteiger partial charge is 0.300 e. The minimum absolute atomic E-state index is 0.138. The number of anilines is 1. The molecule has 0 saturated carbocycles. The SMILES string of the molecule is CCCc1nnc(NC(=O)Cc2c(C)nn(-c3nc(C)cc(C)n3)c2C)s1. The monoisotopic (exact) mass is 385 g/mol. The molecule has 1 N–H and O–H groups in total. The Morgan fingerprint density at radius 1 is 1.15 bits per heavy atom. The Morgan fingerprint density at radius 2 is 1.85 bits per heavy atom. The molecule has 0 unspecified atom stereocenters. The van der Waals surface area contributed by atoms with Gasteiger partial charge in [0.1, 0.15) is 5.01 Å². The second kappa shape index (κ2) is 7.91. The van der Waals surface area contributed by atoms with Gasteiger partial charge in [0.15, 0.2) is 0 Å². The topological polar surface area (TPSA) is 98.5 Å². The Balaban J connectivity index is 1.78. The molecular weight excluding hydrogens is 362 g/mol. The van der Waals surface area contributed by atoms with Gasteiger partial charge in [-0.1, -0.05) is 18.3 Å². The molecule has 8 nitrogen and oxygen atoms in total. The maximum absolute atomic E-state index is 12.5. The van der Waals surface area contributed by atoms with E-state index >= 15 is 0 Å². The van der Waals surface area contributed by atoms with Crippen LogP contribution in [0.15, 0.2) is 6.07 Å². The van der Waals surface area contributed by atoms with Crippen molar-refractivity contribution in [3.05, 3.63) is 39.4 Å². The van der Waals surface area contributed by atoms with Crippen LogP contribution >= 0.6 is 11.3 Å². The quantitative estimate of drug-likeness (QED) is 0.700. The van der Waals surface area contributed by atoms with Gasteiger partial charge in [-0.25, -0.2) is 14.6 Å². The molecule has 0 aliphatic heterocycles. The number of carbonyl (C=O) groups excluding carboxylic acids is 1. The first-order chi connectivity index (χ1) is 12.9. The van der Waals surface area contributed by atoms with Crippen LogP contribution in [0.2, 0.25) is 0 Å². The number of aryl methyl sites for hydroxylation is 4. The van der Waals surface area contributed by atoms with Crippen LogP contribution in [-0.2, 0) is 17.6 Å². The zero-order valence-electron chi connectivity index (χ0n) is 16.2. The Bertz CT molecular complexity index is 956. The summed E-state index contributed by atoms with van der Waals surface area (Å²) in [6.07, 6.45) is 2.08. The molecule has 0 aliphatic carbocycles. The van der Waals surface area contributed by atoms with Crippen LogP contribution in [0, 0.1) is 27.7 Å². The molecule has 9 heteroatoms. The Kier molecular flexibility index (Phi) is 5.59. The lowest BCUT2D eigenvalue weighted by Crippen LogP contribution is -2.15. The molecule has 0 saturated heterocycles. The van der Waals surface area contributed by atoms with Gasteiger partial charge in [-0.15, -0.1) is 10.2 Å². The third-order valence-electron chi connectivity index (χ3n) is 4.12. The van der Waals surface area contributed by atoms with E-state index in [-0.39, 0.29) is 12.3 Å². The van der Waals surface area contributed by atoms with Crippen molar-refractivity contribution >= 4 is 22.4 Å². The van der Waals surface area contributed by atoms with E-state index in [1.54, 1.807) is 4.68 Å². The molecule has 0 atom stereocenters. The smallest absolute Gasteiger partial charge is 0.251 e. The van der Waals surface area contributed by atoms with Gasteiger partial charge in [0.05, 0.1) is 12.1 Å². The fraction of sp³-hybridized carbons (Fsp3) is 0.444. The summed E-state index contributed by atoms with van der Waals surface area (Å²) in [6.45, 7) is 9.75. The first-order valence-electron chi connectivity index (χ1n) is 8.87. The van der Waals surface area contributed by atoms with Crippen LogP contribution in [0.3, 0.4) is 0 Å². The van der Waals surface area contributed by atoms with Gasteiger partial charge >= 0.3 is 0 Å². The third kappa shape index (κ3) is 4.36. The number of rotatable bonds is 6. The molecule has 27 heavy (non-hydrogen) atoms. The van der Waals surface area contributed by atoms with Crippen LogP contribution in [-0.4, -0.2) is 35.9 Å². The van der Waals surface area contributed by atoms with Gasteiger partial charge in [0.25, 0.3) is 5.95 Å². The van der Waals surface area contributed by atoms with Gasteiger partial charge < -0.3 is 5.32 Å². The summed E-state index contributed by atoms with van der Waals surface area (Å²) in [5.74, 6) is 0.384. The van der Waals surface area contributed by atoms with Gasteiger partial charge in [0, 0.05) is 29.1 Å². The van der Waals surface area contributed by atoms with Crippen LogP contribution in [0.4, 0.5) is 5.13 Å². The van der Waals surface area contributed by atoms with Gasteiger partial charge in [0.2, 0.25) is 11.0 Å². The summed E-state index contributed by atoms with van der Waals surface area (Å²) in [5, 5.41) is 16.9. The summed E-state index contributed by atoms with van der Waals surface area (Å²) >= 11 is 1.42. The van der Waals surface area contributed by atoms with Crippen LogP contribution in [0.1, 0.15) is 46.7 Å². The van der Waals surface area contributed by atoms with E-state index in [0.717, 1.165) is 46.2 Å². The second-order valence-corrected chi connectivity index (χ2v) is 7.55. The summed E-state index contributed by atoms with van der Waals surface area (Å²) in [4.78, 5) is 21.4. The zero-order chi connectivity index (χ0) is 19.6. The molecule has 1 amide bonds. The van der Waals surface area contributed by atoms with E-state index in [1.807, 2.05) is 33.8 Å². The third-order valence-corrected chi connectivity index (χ3v) is 5.01. The van der Waals surface area contributed by atoms with E-state index in [4.69, 9.17) is 0 Å². The maximum atomic E-state index is 12.5. The molecular formula is C18H23N7OS. The number of carbonyl (C=O) groups is 1. The van der Waals surface area contributed by atoms with Gasteiger partial charge in [-0.05, 0) is 40.2 Å². The molecule has 142 valence electrons. The number of amides is 1. The molecule has 0 aliphatic rings. The normalized spacial score (nSPS) is 11.0. The van der Waals surface area contributed by atoms with Crippen molar-refractivity contribution in [2.75, 3.05) is 5.32 Å². The molecule has 0 spiro atoms. The van der Waals surface area contributed by atoms with Crippen molar-refractivity contribution in [1.82, 2.24) is 29.9 Å². The van der Waals surface area contributed by atoms with E-state index in [0.29, 0.717) is 11.1 Å². The van der Waals surface area contributed by atoms with E-state index in [2.05, 4.69) is 37.5 Å². The summed E-state index contributed by atoms with van der Waals surface area (Å²) in [6, 6.07) is 1.92. The first-order valence-corrected chi connectivity index (χ1v) is 9.69. The van der Waals surface area contributed by atoms with Crippen molar-refractivity contribution in [3.8, 4) is 5.95 Å². The molecule has 0 bridgehead atoms. The predicted octanol–water partition coefficient (Wildman–Crippen LogP) is 2.88. The fourth-order valence-corrected chi connectivity index (χ4v) is 3.73. The van der Waals surface area contributed by atoms with Crippen LogP contribution < -0.4 is 5.32 Å². The lowest BCUT2D eigenvalue weighted by atomic mass is 10.1. The Labute approximate surface area is 162 Å². The first kappa shape index (κ1) is 19.1. The molecule has 0 fully saturated rings. The molecule has 0 aromatic carbocycles. The summed E-state index contributed by atoms with van der Waals surface area (Å²) < 4.78 is 1.70. The minimum Gasteiger partial charge on any atom is -0.300 e. The summed E-state index contributed by atoms with van der Waals surface area (Å²) in [5.41, 5.74) is 4.27. The van der Waals surface area contributed by atoms with E-state index < -0.39 is 0 Å². The highest BCUT2D eigenvalue weighted by molar-refractivity contribution is 7.15. The van der Waals surface area contributed by atoms with Crippen molar-refractivity contribution in [3.63, 3.8) is 0 Å². The average Bonchev–Trinajstić information content (AvgIpc) is 3.13. The van der Waals surface area contributed by atoms with Crippen molar-refractivity contribution in [2.24, 2.45) is 0 Å². The molecule has 3 rings (SSSR count). The number of aromatic nitrogens is 6. The fourth-order valence-electron chi connectivity index (χ4n) is 2.87. The van der Waals surface area contributed by atoms with Crippen molar-refractivity contribution in [1.29, 1.82) is 0 Å². The minimum atomic E-state index is -0.138. The highest BCUT2D eigenvalue weighted by Crippen LogP contribution is 2.20. The summed E-state index contributed by atoms with van der Waals surface area (Å²) in [7, 11) is 0. The zero-order valence-corrected chi connectivity index (χ0v) is 17.0. The van der Waals surface area contributed by atoms with Crippen molar-refractivity contribution < 1.29 is 4.79 Å². The van der Waals surface area contributed by atoms with Crippen LogP contribution in [0.25, 0.3) is 5.95 Å². The lowest BCUT2D eigenvalue weighted by Gasteiger charge is -2.06. The van der Waals surface area contributed by atoms with Gasteiger partial charge in [-0.3, -0.25) is 4.79 Å². The Morgan fingerprint density at radius 3 is 2.52 bits per heavy atom. The lowest BCUT2D eigenvalue weighted by molar-refractivity contribution is -0.115. The Hall–Kier alpha value is -2.68. The molecule has 3 aromatic rings. The standard InChI is InChI=1S/C18H23N7OS/c1-6-7-16-22-23-18(27-16)21-15(26)9-14-12(4)24-25(13(14)5)17-19-10(2)8-11(3)20-17/h8H,6-7,9H2,1-5H3,(H,21,23,26). The molecule has 3 aromatic heterocycles. The highest BCUT2D eigenvalue weighted by Gasteiger charge is 2.18. The highest BCUT2D eigenvalue weighted by atomic mass is 32.1. The molecule has 0 radical (unpaired) electrons. The number of nitrogens with one attached hydrogen (secondary N) is 1. The van der Waals surface area contributed by atoms with Crippen LogP contribution in [0.5, 0.6) is 0 Å². The maximum Gasteiger partial charge on any atom is 0.251 e. The van der Waals surface area contributed by atoms with Crippen molar-refractivity contribution in [2.45, 2.75) is 53.9 Å². The number of hydrogen-bond acceptors (Lipinski definition) is 7. The predicted molar refractivity (Wildman–Crippen MR) is 104 cm³/mol. The van der Waals surface area contributed by atoms with Gasteiger partial charge in [-0.2, -0.15) is 5.10 Å². The second-order valence-electron chi connectivity index (χ2n) is 6.49. The van der Waals surface area contributed by atoms with E-state index in [1.165, 1.54) is 11.3 Å². The average molecular weight is 385 g/mol.